The molecule has 0 aliphatic carbocycles. The Hall–Kier alpha value is -0.590. The van der Waals surface area contributed by atoms with Crippen LogP contribution in [0, 0.1) is 11.3 Å². The van der Waals surface area contributed by atoms with Crippen molar-refractivity contribution < 1.29 is 0 Å². The molecule has 1 fully saturated rings. The van der Waals surface area contributed by atoms with Gasteiger partial charge >= 0.3 is 0 Å². The van der Waals surface area contributed by atoms with E-state index in [0.29, 0.717) is 6.04 Å². The Morgan fingerprint density at radius 2 is 2.29 bits per heavy atom. The van der Waals surface area contributed by atoms with Crippen LogP contribution >= 0.6 is 0 Å². The topological polar surface area (TPSA) is 53.0 Å². The molecular formula is C11H21N3. The fourth-order valence-corrected chi connectivity index (χ4v) is 2.33. The molecule has 0 aromatic carbocycles. The Labute approximate surface area is 86.9 Å². The van der Waals surface area contributed by atoms with Crippen LogP contribution in [0.4, 0.5) is 0 Å². The summed E-state index contributed by atoms with van der Waals surface area (Å²) in [4.78, 5) is 2.30. The van der Waals surface area contributed by atoms with Crippen LogP contribution in [-0.2, 0) is 0 Å². The van der Waals surface area contributed by atoms with Crippen molar-refractivity contribution in [1.82, 2.24) is 4.90 Å². The summed E-state index contributed by atoms with van der Waals surface area (Å²) >= 11 is 0. The van der Waals surface area contributed by atoms with Crippen molar-refractivity contribution in [1.29, 1.82) is 5.26 Å². The van der Waals surface area contributed by atoms with Crippen LogP contribution in [-0.4, -0.2) is 29.6 Å². The van der Waals surface area contributed by atoms with E-state index >= 15 is 0 Å². The van der Waals surface area contributed by atoms with E-state index in [2.05, 4.69) is 17.9 Å². The van der Waals surface area contributed by atoms with Gasteiger partial charge in [0.2, 0.25) is 0 Å². The van der Waals surface area contributed by atoms with Gasteiger partial charge in [-0.1, -0.05) is 13.3 Å². The molecule has 0 aromatic heterocycles. The van der Waals surface area contributed by atoms with Crippen molar-refractivity contribution in [3.8, 4) is 6.07 Å². The molecule has 1 heterocycles. The smallest absolute Gasteiger partial charge is 0.0978 e. The number of rotatable bonds is 3. The maximum Gasteiger partial charge on any atom is 0.0978 e. The van der Waals surface area contributed by atoms with Gasteiger partial charge in [0.1, 0.15) is 0 Å². The summed E-state index contributed by atoms with van der Waals surface area (Å²) in [6, 6.07) is 3.03. The van der Waals surface area contributed by atoms with E-state index in [9.17, 15) is 0 Å². The normalized spacial score (nSPS) is 28.0. The van der Waals surface area contributed by atoms with Gasteiger partial charge < -0.3 is 5.73 Å². The summed E-state index contributed by atoms with van der Waals surface area (Å²) in [5, 5.41) is 9.05. The van der Waals surface area contributed by atoms with E-state index in [4.69, 9.17) is 11.0 Å². The lowest BCUT2D eigenvalue weighted by molar-refractivity contribution is 0.103. The number of likely N-dealkylation sites (tertiary alicyclic amines) is 1. The second kappa shape index (κ2) is 5.33. The van der Waals surface area contributed by atoms with Crippen LogP contribution in [0.5, 0.6) is 0 Å². The van der Waals surface area contributed by atoms with Gasteiger partial charge in [0.05, 0.1) is 12.1 Å². The summed E-state index contributed by atoms with van der Waals surface area (Å²) in [5.41, 5.74) is 5.95. The van der Waals surface area contributed by atoms with E-state index in [-0.39, 0.29) is 12.1 Å². The first-order valence-electron chi connectivity index (χ1n) is 5.61. The quantitative estimate of drug-likeness (QED) is 0.742. The molecule has 0 bridgehead atoms. The zero-order valence-electron chi connectivity index (χ0n) is 9.24. The molecule has 14 heavy (non-hydrogen) atoms. The predicted octanol–water partition coefficient (Wildman–Crippen LogP) is 1.49. The van der Waals surface area contributed by atoms with Gasteiger partial charge in [0, 0.05) is 12.1 Å². The molecule has 0 saturated carbocycles. The highest BCUT2D eigenvalue weighted by Crippen LogP contribution is 2.22. The van der Waals surface area contributed by atoms with E-state index in [0.717, 1.165) is 19.4 Å². The Bertz CT molecular complexity index is 207. The van der Waals surface area contributed by atoms with Crippen molar-refractivity contribution >= 4 is 0 Å². The van der Waals surface area contributed by atoms with Crippen molar-refractivity contribution in [2.24, 2.45) is 5.73 Å². The van der Waals surface area contributed by atoms with E-state index in [1.807, 2.05) is 6.92 Å². The number of nitrogens with two attached hydrogens (primary N) is 1. The lowest BCUT2D eigenvalue weighted by Crippen LogP contribution is -2.52. The molecule has 3 unspecified atom stereocenters. The molecule has 1 aliphatic rings. The van der Waals surface area contributed by atoms with Crippen LogP contribution in [0.1, 0.15) is 39.5 Å². The fourth-order valence-electron chi connectivity index (χ4n) is 2.33. The van der Waals surface area contributed by atoms with Gasteiger partial charge in [-0.15, -0.1) is 0 Å². The fraction of sp³-hybridized carbons (Fsp3) is 0.909. The lowest BCUT2D eigenvalue weighted by Gasteiger charge is -2.40. The number of nitrogens with zero attached hydrogens (tertiary/aromatic N) is 2. The van der Waals surface area contributed by atoms with Crippen LogP contribution < -0.4 is 5.73 Å². The maximum absolute atomic E-state index is 9.05. The van der Waals surface area contributed by atoms with Crippen LogP contribution in [0.3, 0.4) is 0 Å². The van der Waals surface area contributed by atoms with E-state index in [1.54, 1.807) is 0 Å². The molecule has 0 amide bonds. The largest absolute Gasteiger partial charge is 0.327 e. The molecule has 3 nitrogen and oxygen atoms in total. The van der Waals surface area contributed by atoms with Crippen molar-refractivity contribution in [2.45, 2.75) is 57.7 Å². The Morgan fingerprint density at radius 3 is 2.79 bits per heavy atom. The number of nitriles is 1. The third-order valence-corrected chi connectivity index (χ3v) is 3.14. The molecule has 3 atom stereocenters. The number of hydrogen-bond donors (Lipinski definition) is 1. The van der Waals surface area contributed by atoms with Crippen LogP contribution in [0.15, 0.2) is 0 Å². The van der Waals surface area contributed by atoms with Gasteiger partial charge in [-0.2, -0.15) is 5.26 Å². The van der Waals surface area contributed by atoms with Gasteiger partial charge in [-0.25, -0.2) is 0 Å². The van der Waals surface area contributed by atoms with Gasteiger partial charge in [-0.05, 0) is 32.7 Å². The summed E-state index contributed by atoms with van der Waals surface area (Å²) in [6.45, 7) is 5.16. The first-order valence-corrected chi connectivity index (χ1v) is 5.61. The molecule has 2 N–H and O–H groups in total. The van der Waals surface area contributed by atoms with Crippen LogP contribution in [0.2, 0.25) is 0 Å². The third-order valence-electron chi connectivity index (χ3n) is 3.14. The highest BCUT2D eigenvalue weighted by molar-refractivity contribution is 4.96. The zero-order valence-corrected chi connectivity index (χ0v) is 9.24. The first-order chi connectivity index (χ1) is 6.70. The van der Waals surface area contributed by atoms with Gasteiger partial charge in [0.15, 0.2) is 0 Å². The molecule has 3 heteroatoms. The van der Waals surface area contributed by atoms with Crippen LogP contribution in [0.25, 0.3) is 0 Å². The first kappa shape index (κ1) is 11.5. The molecule has 1 rings (SSSR count). The second-order valence-corrected chi connectivity index (χ2v) is 4.21. The minimum atomic E-state index is 0.0614. The SMILES string of the molecule is CCC(C#N)N1CCCCC1C(C)N. The summed E-state index contributed by atoms with van der Waals surface area (Å²) in [6.07, 6.45) is 4.52. The average molecular weight is 195 g/mol. The Morgan fingerprint density at radius 1 is 1.57 bits per heavy atom. The summed E-state index contributed by atoms with van der Waals surface area (Å²) in [7, 11) is 0. The highest BCUT2D eigenvalue weighted by atomic mass is 15.2. The molecular weight excluding hydrogens is 174 g/mol. The minimum absolute atomic E-state index is 0.0614. The molecule has 0 radical (unpaired) electrons. The van der Waals surface area contributed by atoms with Crippen molar-refractivity contribution in [2.75, 3.05) is 6.54 Å². The Balaban J connectivity index is 2.67. The van der Waals surface area contributed by atoms with Crippen molar-refractivity contribution in [3.63, 3.8) is 0 Å². The number of piperidine rings is 1. The van der Waals surface area contributed by atoms with Gasteiger partial charge in [0.25, 0.3) is 0 Å². The van der Waals surface area contributed by atoms with E-state index < -0.39 is 0 Å². The molecule has 0 aromatic rings. The maximum atomic E-state index is 9.05. The van der Waals surface area contributed by atoms with E-state index in [1.165, 1.54) is 12.8 Å². The monoisotopic (exact) mass is 195 g/mol. The molecule has 0 spiro atoms. The third kappa shape index (κ3) is 2.46. The number of hydrogen-bond acceptors (Lipinski definition) is 3. The van der Waals surface area contributed by atoms with Gasteiger partial charge in [-0.3, -0.25) is 4.90 Å². The molecule has 1 saturated heterocycles. The lowest BCUT2D eigenvalue weighted by atomic mass is 9.94. The second-order valence-electron chi connectivity index (χ2n) is 4.21. The Kier molecular flexibility index (Phi) is 4.37. The summed E-state index contributed by atoms with van der Waals surface area (Å²) in [5.74, 6) is 0. The van der Waals surface area contributed by atoms with Crippen molar-refractivity contribution in [3.05, 3.63) is 0 Å². The average Bonchev–Trinajstić information content (AvgIpc) is 2.20. The predicted molar refractivity (Wildman–Crippen MR) is 57.7 cm³/mol. The minimum Gasteiger partial charge on any atom is -0.327 e. The summed E-state index contributed by atoms with van der Waals surface area (Å²) < 4.78 is 0. The highest BCUT2D eigenvalue weighted by Gasteiger charge is 2.29. The standard InChI is InChI=1S/C11H21N3/c1-3-10(8-12)14-7-5-4-6-11(14)9(2)13/h9-11H,3-7,13H2,1-2H3. The molecule has 80 valence electrons. The molecule has 1 aliphatic heterocycles. The zero-order chi connectivity index (χ0) is 10.6.